The Morgan fingerprint density at radius 1 is 0.647 bits per heavy atom. The van der Waals surface area contributed by atoms with Gasteiger partial charge in [0.15, 0.2) is 0 Å². The van der Waals surface area contributed by atoms with Crippen molar-refractivity contribution >= 4 is 21.3 Å². The molecule has 3 rings (SSSR count). The van der Waals surface area contributed by atoms with Gasteiger partial charge in [0, 0.05) is 0 Å². The highest BCUT2D eigenvalue weighted by Gasteiger charge is 2.16. The summed E-state index contributed by atoms with van der Waals surface area (Å²) in [6.07, 6.45) is 9.67. The Hall–Kier alpha value is -2.69. The molecule has 0 unspecified atom stereocenters. The molecule has 0 radical (unpaired) electrons. The van der Waals surface area contributed by atoms with Gasteiger partial charge in [-0.15, -0.1) is 0 Å². The zero-order valence-corrected chi connectivity index (χ0v) is 21.2. The van der Waals surface area contributed by atoms with Crippen molar-refractivity contribution in [1.82, 2.24) is 0 Å². The summed E-state index contributed by atoms with van der Waals surface area (Å²) in [5, 5.41) is 0. The predicted octanol–water partition coefficient (Wildman–Crippen LogP) is 8.12. The minimum absolute atomic E-state index is 0.176. The van der Waals surface area contributed by atoms with Crippen molar-refractivity contribution in [1.29, 1.82) is 0 Å². The second-order valence-electron chi connectivity index (χ2n) is 8.60. The van der Waals surface area contributed by atoms with Gasteiger partial charge in [0.25, 0.3) is 10.1 Å². The van der Waals surface area contributed by atoms with Crippen LogP contribution in [-0.4, -0.2) is 15.5 Å². The van der Waals surface area contributed by atoms with Crippen LogP contribution in [0, 0.1) is 0 Å². The van der Waals surface area contributed by atoms with Crippen molar-refractivity contribution in [3.8, 4) is 0 Å². The fourth-order valence-corrected chi connectivity index (χ4v) is 4.98. The maximum atomic E-state index is 12.1. The molecule has 0 heterocycles. The van der Waals surface area contributed by atoms with E-state index in [1.54, 1.807) is 12.1 Å². The van der Waals surface area contributed by atoms with Crippen molar-refractivity contribution < 1.29 is 12.6 Å². The minimum Gasteiger partial charge on any atom is -0.270 e. The Labute approximate surface area is 205 Å². The second-order valence-corrected chi connectivity index (χ2v) is 10.3. The number of allylic oxidation sites excluding steroid dienone is 1. The summed E-state index contributed by atoms with van der Waals surface area (Å²) >= 11 is 0. The first-order valence-corrected chi connectivity index (χ1v) is 13.7. The van der Waals surface area contributed by atoms with Gasteiger partial charge in [-0.2, -0.15) is 8.42 Å². The van der Waals surface area contributed by atoms with Crippen LogP contribution in [0.15, 0.2) is 89.8 Å². The molecular weight excluding hydrogens is 440 g/mol. The summed E-state index contributed by atoms with van der Waals surface area (Å²) in [6.45, 7) is 2.24. The van der Waals surface area contributed by atoms with Crippen LogP contribution < -0.4 is 0 Å². The fourth-order valence-electron chi connectivity index (χ4n) is 4.32. The van der Waals surface area contributed by atoms with Gasteiger partial charge in [-0.25, -0.2) is 0 Å². The van der Waals surface area contributed by atoms with Crippen molar-refractivity contribution in [3.05, 3.63) is 102 Å². The van der Waals surface area contributed by atoms with E-state index < -0.39 is 10.1 Å². The molecule has 0 bridgehead atoms. The lowest BCUT2D eigenvalue weighted by Gasteiger charge is -2.18. The van der Waals surface area contributed by atoms with Gasteiger partial charge in [-0.3, -0.25) is 4.18 Å². The lowest BCUT2D eigenvalue weighted by atomic mass is 9.87. The van der Waals surface area contributed by atoms with Gasteiger partial charge in [-0.05, 0) is 52.8 Å². The molecule has 3 aromatic rings. The van der Waals surface area contributed by atoms with Crippen LogP contribution in [0.3, 0.4) is 0 Å². The molecule has 0 N–H and O–H groups in total. The SMILES string of the molecule is CCCCCCCCCC(=C(c1ccccc1)c1ccccc1)c1ccc(S(=O)(=O)OC)cc1. The fraction of sp³-hybridized carbons (Fsp3) is 0.333. The number of hydrogen-bond donors (Lipinski definition) is 0. The quantitative estimate of drug-likeness (QED) is 0.142. The Balaban J connectivity index is 2.01. The predicted molar refractivity (Wildman–Crippen MR) is 142 cm³/mol. The summed E-state index contributed by atoms with van der Waals surface area (Å²) in [7, 11) is -2.52. The van der Waals surface area contributed by atoms with Crippen LogP contribution in [0.1, 0.15) is 75.0 Å². The van der Waals surface area contributed by atoms with E-state index in [9.17, 15) is 8.42 Å². The van der Waals surface area contributed by atoms with E-state index in [1.807, 2.05) is 24.3 Å². The molecule has 0 amide bonds. The first kappa shape index (κ1) is 25.9. The summed E-state index contributed by atoms with van der Waals surface area (Å²) in [5.74, 6) is 0. The van der Waals surface area contributed by atoms with E-state index in [-0.39, 0.29) is 4.90 Å². The minimum atomic E-state index is -3.71. The van der Waals surface area contributed by atoms with Crippen molar-refractivity contribution in [2.75, 3.05) is 7.11 Å². The molecule has 0 fully saturated rings. The molecule has 3 nitrogen and oxygen atoms in total. The monoisotopic (exact) mass is 476 g/mol. The van der Waals surface area contributed by atoms with Crippen LogP contribution in [0.4, 0.5) is 0 Å². The molecule has 0 saturated heterocycles. The smallest absolute Gasteiger partial charge is 0.270 e. The molecule has 0 atom stereocenters. The van der Waals surface area contributed by atoms with Crippen LogP contribution >= 0.6 is 0 Å². The standard InChI is InChI=1S/C30H36O3S/c1-3-4-5-6-7-8-15-20-29(25-21-23-28(24-22-25)34(31,32)33-2)30(26-16-11-9-12-17-26)27-18-13-10-14-19-27/h9-14,16-19,21-24H,3-8,15,20H2,1-2H3. The lowest BCUT2D eigenvalue weighted by molar-refractivity contribution is 0.398. The Kier molecular flexibility index (Phi) is 10.1. The molecule has 0 aliphatic heterocycles. The topological polar surface area (TPSA) is 43.4 Å². The molecular formula is C30H36O3S. The molecule has 180 valence electrons. The normalized spacial score (nSPS) is 11.4. The number of benzene rings is 3. The zero-order valence-electron chi connectivity index (χ0n) is 20.4. The Bertz CT molecular complexity index is 1090. The van der Waals surface area contributed by atoms with Gasteiger partial charge >= 0.3 is 0 Å². The van der Waals surface area contributed by atoms with E-state index in [2.05, 4.69) is 55.5 Å². The average Bonchev–Trinajstić information content (AvgIpc) is 2.88. The number of rotatable bonds is 13. The molecule has 0 spiro atoms. The molecule has 0 aliphatic rings. The van der Waals surface area contributed by atoms with Crippen LogP contribution in [-0.2, 0) is 14.3 Å². The summed E-state index contributed by atoms with van der Waals surface area (Å²) < 4.78 is 29.0. The largest absolute Gasteiger partial charge is 0.296 e. The van der Waals surface area contributed by atoms with Crippen molar-refractivity contribution in [3.63, 3.8) is 0 Å². The third kappa shape index (κ3) is 7.15. The lowest BCUT2D eigenvalue weighted by Crippen LogP contribution is -2.03. The Morgan fingerprint density at radius 3 is 1.65 bits per heavy atom. The van der Waals surface area contributed by atoms with Crippen molar-refractivity contribution in [2.45, 2.75) is 63.2 Å². The Morgan fingerprint density at radius 2 is 1.15 bits per heavy atom. The van der Waals surface area contributed by atoms with E-state index in [4.69, 9.17) is 4.18 Å². The number of hydrogen-bond acceptors (Lipinski definition) is 3. The number of unbranched alkanes of at least 4 members (excludes halogenated alkanes) is 6. The van der Waals surface area contributed by atoms with Gasteiger partial charge in [0.05, 0.1) is 12.0 Å². The van der Waals surface area contributed by atoms with Gasteiger partial charge in [0.1, 0.15) is 0 Å². The molecule has 4 heteroatoms. The van der Waals surface area contributed by atoms with Gasteiger partial charge < -0.3 is 0 Å². The first-order valence-electron chi connectivity index (χ1n) is 12.3. The van der Waals surface area contributed by atoms with E-state index in [1.165, 1.54) is 67.9 Å². The first-order chi connectivity index (χ1) is 16.6. The average molecular weight is 477 g/mol. The summed E-state index contributed by atoms with van der Waals surface area (Å²) in [4.78, 5) is 0.176. The van der Waals surface area contributed by atoms with Crippen LogP contribution in [0.5, 0.6) is 0 Å². The van der Waals surface area contributed by atoms with E-state index in [0.717, 1.165) is 18.4 Å². The van der Waals surface area contributed by atoms with E-state index >= 15 is 0 Å². The van der Waals surface area contributed by atoms with Crippen LogP contribution in [0.2, 0.25) is 0 Å². The molecule has 0 aliphatic carbocycles. The highest BCUT2D eigenvalue weighted by Crippen LogP contribution is 2.36. The third-order valence-electron chi connectivity index (χ3n) is 6.17. The maximum absolute atomic E-state index is 12.1. The second kappa shape index (κ2) is 13.3. The zero-order chi connectivity index (χ0) is 24.2. The van der Waals surface area contributed by atoms with E-state index in [0.29, 0.717) is 0 Å². The van der Waals surface area contributed by atoms with Gasteiger partial charge in [-0.1, -0.05) is 118 Å². The maximum Gasteiger partial charge on any atom is 0.296 e. The highest BCUT2D eigenvalue weighted by atomic mass is 32.2. The molecule has 3 aromatic carbocycles. The highest BCUT2D eigenvalue weighted by molar-refractivity contribution is 7.86. The third-order valence-corrected chi connectivity index (χ3v) is 7.46. The molecule has 0 saturated carbocycles. The molecule has 0 aromatic heterocycles. The van der Waals surface area contributed by atoms with Crippen molar-refractivity contribution in [2.24, 2.45) is 0 Å². The van der Waals surface area contributed by atoms with Gasteiger partial charge in [0.2, 0.25) is 0 Å². The summed E-state index contributed by atoms with van der Waals surface area (Å²) in [6, 6.07) is 28.0. The summed E-state index contributed by atoms with van der Waals surface area (Å²) in [5.41, 5.74) is 5.83. The van der Waals surface area contributed by atoms with Crippen LogP contribution in [0.25, 0.3) is 11.1 Å². The molecule has 34 heavy (non-hydrogen) atoms.